The van der Waals surface area contributed by atoms with Gasteiger partial charge < -0.3 is 15.1 Å². The zero-order chi connectivity index (χ0) is 24.2. The van der Waals surface area contributed by atoms with Crippen LogP contribution in [0, 0.1) is 17.7 Å². The molecule has 1 aromatic rings. The molecule has 0 aromatic heterocycles. The molecule has 0 spiro atoms. The Morgan fingerprint density at radius 3 is 2.58 bits per heavy atom. The zero-order valence-corrected chi connectivity index (χ0v) is 20.0. The van der Waals surface area contributed by atoms with Crippen LogP contribution in [-0.2, 0) is 16.0 Å². The molecule has 2 aliphatic rings. The Bertz CT molecular complexity index is 909. The standard InChI is InChI=1S/C25H35FN4O3/c1-18(2)8-9-22(31)29-12-10-20(11-13-29)25(17-19-6-5-7-21(26)16-19)23(32)30(24(33)27-25)15-14-28(3)4/h5-9,16,18,20H,10-15,17H2,1-4H3,(H,27,33)/b9-8+/t25-/m1/s1. The summed E-state index contributed by atoms with van der Waals surface area (Å²) in [6, 6.07) is 5.77. The van der Waals surface area contributed by atoms with E-state index >= 15 is 0 Å². The van der Waals surface area contributed by atoms with Crippen LogP contribution in [0.15, 0.2) is 36.4 Å². The van der Waals surface area contributed by atoms with Gasteiger partial charge in [-0.1, -0.05) is 32.1 Å². The number of piperidine rings is 1. The summed E-state index contributed by atoms with van der Waals surface area (Å²) < 4.78 is 13.9. The van der Waals surface area contributed by atoms with E-state index in [1.165, 1.54) is 17.0 Å². The van der Waals surface area contributed by atoms with E-state index in [1.54, 1.807) is 23.1 Å². The van der Waals surface area contributed by atoms with E-state index in [0.29, 0.717) is 50.5 Å². The van der Waals surface area contributed by atoms with Gasteiger partial charge in [0.15, 0.2) is 0 Å². The third-order valence-electron chi connectivity index (χ3n) is 6.47. The number of urea groups is 1. The van der Waals surface area contributed by atoms with Crippen molar-refractivity contribution in [1.82, 2.24) is 20.0 Å². The van der Waals surface area contributed by atoms with E-state index in [4.69, 9.17) is 0 Å². The number of halogens is 1. The number of hydrogen-bond acceptors (Lipinski definition) is 4. The molecule has 2 heterocycles. The number of hydrogen-bond donors (Lipinski definition) is 1. The predicted octanol–water partition coefficient (Wildman–Crippen LogP) is 2.67. The number of rotatable bonds is 8. The van der Waals surface area contributed by atoms with E-state index in [1.807, 2.05) is 38.9 Å². The molecule has 8 heteroatoms. The van der Waals surface area contributed by atoms with Crippen LogP contribution >= 0.6 is 0 Å². The van der Waals surface area contributed by atoms with Crippen LogP contribution in [0.4, 0.5) is 9.18 Å². The lowest BCUT2D eigenvalue weighted by Crippen LogP contribution is -2.58. The lowest BCUT2D eigenvalue weighted by Gasteiger charge is -2.41. The summed E-state index contributed by atoms with van der Waals surface area (Å²) in [5.41, 5.74) is -0.475. The molecule has 2 saturated heterocycles. The van der Waals surface area contributed by atoms with Crippen molar-refractivity contribution in [3.8, 4) is 0 Å². The maximum Gasteiger partial charge on any atom is 0.325 e. The summed E-state index contributed by atoms with van der Waals surface area (Å²) in [5, 5.41) is 2.99. The number of nitrogens with zero attached hydrogens (tertiary/aromatic N) is 3. The molecular formula is C25H35FN4O3. The molecule has 1 N–H and O–H groups in total. The topological polar surface area (TPSA) is 73.0 Å². The van der Waals surface area contributed by atoms with E-state index in [9.17, 15) is 18.8 Å². The number of allylic oxidation sites excluding steroid dienone is 1. The summed E-state index contributed by atoms with van der Waals surface area (Å²) in [5.74, 6) is -0.528. The molecule has 33 heavy (non-hydrogen) atoms. The predicted molar refractivity (Wildman–Crippen MR) is 125 cm³/mol. The highest BCUT2D eigenvalue weighted by Crippen LogP contribution is 2.36. The first-order valence-corrected chi connectivity index (χ1v) is 11.6. The Labute approximate surface area is 195 Å². The number of likely N-dealkylation sites (N-methyl/N-ethyl adjacent to an activating group) is 1. The average Bonchev–Trinajstić information content (AvgIpc) is 3.00. The van der Waals surface area contributed by atoms with E-state index in [2.05, 4.69) is 5.32 Å². The van der Waals surface area contributed by atoms with Gasteiger partial charge in [-0.15, -0.1) is 0 Å². The third kappa shape index (κ3) is 5.79. The van der Waals surface area contributed by atoms with Crippen molar-refractivity contribution in [2.45, 2.75) is 38.6 Å². The average molecular weight is 459 g/mol. The maximum absolute atomic E-state index is 13.9. The van der Waals surface area contributed by atoms with E-state index < -0.39 is 11.6 Å². The molecule has 0 bridgehead atoms. The highest BCUT2D eigenvalue weighted by molar-refractivity contribution is 6.07. The van der Waals surface area contributed by atoms with E-state index in [-0.39, 0.29) is 30.0 Å². The van der Waals surface area contributed by atoms with Crippen LogP contribution in [0.25, 0.3) is 0 Å². The summed E-state index contributed by atoms with van der Waals surface area (Å²) >= 11 is 0. The molecule has 0 radical (unpaired) electrons. The largest absolute Gasteiger partial charge is 0.339 e. The second-order valence-electron chi connectivity index (χ2n) is 9.67. The third-order valence-corrected chi connectivity index (χ3v) is 6.47. The van der Waals surface area contributed by atoms with Gasteiger partial charge in [-0.25, -0.2) is 9.18 Å². The molecule has 7 nitrogen and oxygen atoms in total. The molecule has 2 aliphatic heterocycles. The molecule has 3 rings (SSSR count). The summed E-state index contributed by atoms with van der Waals surface area (Å²) in [4.78, 5) is 44.0. The van der Waals surface area contributed by atoms with Gasteiger partial charge in [0.1, 0.15) is 11.4 Å². The zero-order valence-electron chi connectivity index (χ0n) is 20.0. The number of nitrogens with one attached hydrogen (secondary N) is 1. The fourth-order valence-electron chi connectivity index (χ4n) is 4.63. The van der Waals surface area contributed by atoms with Crippen LogP contribution < -0.4 is 5.32 Å². The molecule has 1 atom stereocenters. The second-order valence-corrected chi connectivity index (χ2v) is 9.67. The van der Waals surface area contributed by atoms with Crippen molar-refractivity contribution >= 4 is 17.8 Å². The maximum atomic E-state index is 13.9. The quantitative estimate of drug-likeness (QED) is 0.480. The minimum atomic E-state index is -1.14. The minimum Gasteiger partial charge on any atom is -0.339 e. The van der Waals surface area contributed by atoms with Gasteiger partial charge >= 0.3 is 6.03 Å². The van der Waals surface area contributed by atoms with Gasteiger partial charge in [0.05, 0.1) is 0 Å². The van der Waals surface area contributed by atoms with Crippen LogP contribution in [0.2, 0.25) is 0 Å². The fourth-order valence-corrected chi connectivity index (χ4v) is 4.63. The molecule has 2 fully saturated rings. The fraction of sp³-hybridized carbons (Fsp3) is 0.560. The van der Waals surface area contributed by atoms with Crippen LogP contribution in [0.5, 0.6) is 0 Å². The first-order valence-electron chi connectivity index (χ1n) is 11.6. The monoisotopic (exact) mass is 458 g/mol. The van der Waals surface area contributed by atoms with Crippen molar-refractivity contribution in [2.75, 3.05) is 40.3 Å². The number of benzene rings is 1. The Morgan fingerprint density at radius 1 is 1.27 bits per heavy atom. The van der Waals surface area contributed by atoms with Crippen molar-refractivity contribution in [3.05, 3.63) is 47.8 Å². The molecule has 180 valence electrons. The van der Waals surface area contributed by atoms with Gasteiger partial charge in [-0.05, 0) is 62.5 Å². The molecule has 1 aromatic carbocycles. The molecule has 0 unspecified atom stereocenters. The van der Waals surface area contributed by atoms with Gasteiger partial charge in [0.2, 0.25) is 5.91 Å². The molecular weight excluding hydrogens is 423 g/mol. The second kappa shape index (κ2) is 10.5. The first kappa shape index (κ1) is 24.9. The van der Waals surface area contributed by atoms with Gasteiger partial charge in [0, 0.05) is 32.6 Å². The molecule has 4 amide bonds. The summed E-state index contributed by atoms with van der Waals surface area (Å²) in [6.07, 6.45) is 4.89. The SMILES string of the molecule is CC(C)/C=C/C(=O)N1CCC([C@@]2(Cc3cccc(F)c3)NC(=O)N(CCN(C)C)C2=O)CC1. The van der Waals surface area contributed by atoms with Gasteiger partial charge in [-0.2, -0.15) is 0 Å². The number of carbonyl (C=O) groups excluding carboxylic acids is 3. The highest BCUT2D eigenvalue weighted by atomic mass is 19.1. The smallest absolute Gasteiger partial charge is 0.325 e. The number of imide groups is 1. The Kier molecular flexibility index (Phi) is 7.89. The number of amides is 4. The molecule has 0 saturated carbocycles. The lowest BCUT2D eigenvalue weighted by molar-refractivity contribution is -0.134. The van der Waals surface area contributed by atoms with Crippen LogP contribution in [0.3, 0.4) is 0 Å². The highest BCUT2D eigenvalue weighted by Gasteiger charge is 2.55. The summed E-state index contributed by atoms with van der Waals surface area (Å²) in [6.45, 7) is 5.91. The van der Waals surface area contributed by atoms with Crippen molar-refractivity contribution in [3.63, 3.8) is 0 Å². The Balaban J connectivity index is 1.82. The van der Waals surface area contributed by atoms with Crippen molar-refractivity contribution < 1.29 is 18.8 Å². The molecule has 0 aliphatic carbocycles. The summed E-state index contributed by atoms with van der Waals surface area (Å²) in [7, 11) is 3.78. The van der Waals surface area contributed by atoms with Crippen molar-refractivity contribution in [2.24, 2.45) is 11.8 Å². The lowest BCUT2D eigenvalue weighted by atomic mass is 9.74. The Morgan fingerprint density at radius 2 is 1.97 bits per heavy atom. The van der Waals surface area contributed by atoms with Crippen LogP contribution in [-0.4, -0.2) is 78.4 Å². The minimum absolute atomic E-state index is 0.0317. The van der Waals surface area contributed by atoms with Gasteiger partial charge in [-0.3, -0.25) is 14.5 Å². The normalized spacial score (nSPS) is 22.2. The van der Waals surface area contributed by atoms with Gasteiger partial charge in [0.25, 0.3) is 5.91 Å². The number of likely N-dealkylation sites (tertiary alicyclic amines) is 1. The van der Waals surface area contributed by atoms with E-state index in [0.717, 1.165) is 0 Å². The number of carbonyl (C=O) groups is 3. The van der Waals surface area contributed by atoms with Crippen molar-refractivity contribution in [1.29, 1.82) is 0 Å². The Hall–Kier alpha value is -2.74. The first-order chi connectivity index (χ1) is 15.6. The van der Waals surface area contributed by atoms with Crippen LogP contribution in [0.1, 0.15) is 32.3 Å².